The monoisotopic (exact) mass is 216 g/mol. The van der Waals surface area contributed by atoms with E-state index in [1.165, 1.54) is 0 Å². The minimum Gasteiger partial charge on any atom is -0.268 e. The van der Waals surface area contributed by atoms with Gasteiger partial charge in [0.2, 0.25) is 10.0 Å². The molecular weight excluding hydrogens is 200 g/mol. The molecule has 0 fully saturated rings. The van der Waals surface area contributed by atoms with E-state index >= 15 is 0 Å². The number of nitrogens with one attached hydrogen (secondary N) is 1. The number of aryl methyl sites for hydroxylation is 1. The summed E-state index contributed by atoms with van der Waals surface area (Å²) in [6, 6.07) is 3.41. The van der Waals surface area contributed by atoms with Gasteiger partial charge >= 0.3 is 0 Å². The van der Waals surface area contributed by atoms with Gasteiger partial charge < -0.3 is 0 Å². The summed E-state index contributed by atoms with van der Waals surface area (Å²) in [5.41, 5.74) is 0.994. The number of aromatic nitrogens is 1. The molecule has 80 valence electrons. The largest absolute Gasteiger partial charge is 0.268 e. The number of hydrogen-bond acceptors (Lipinski definition) is 3. The van der Waals surface area contributed by atoms with Gasteiger partial charge in [0, 0.05) is 6.20 Å². The highest BCUT2D eigenvalue weighted by atomic mass is 32.2. The first kappa shape index (κ1) is 12.9. The van der Waals surface area contributed by atoms with Crippen LogP contribution in [-0.2, 0) is 10.0 Å². The molecule has 5 heteroatoms. The quantitative estimate of drug-likeness (QED) is 0.820. The van der Waals surface area contributed by atoms with Crippen molar-refractivity contribution >= 4 is 15.8 Å². The summed E-state index contributed by atoms with van der Waals surface area (Å²) in [4.78, 5) is 3.87. The maximum absolute atomic E-state index is 10.7. The second-order valence-corrected chi connectivity index (χ2v) is 4.34. The molecule has 0 radical (unpaired) electrons. The minimum atomic E-state index is -3.20. The summed E-state index contributed by atoms with van der Waals surface area (Å²) < 4.78 is 23.7. The second kappa shape index (κ2) is 5.59. The first-order chi connectivity index (χ1) is 6.47. The Morgan fingerprint density at radius 2 is 1.86 bits per heavy atom. The summed E-state index contributed by atoms with van der Waals surface area (Å²) in [5.74, 6) is 0.350. The molecule has 0 saturated heterocycles. The van der Waals surface area contributed by atoms with Crippen LogP contribution in [0.15, 0.2) is 18.3 Å². The van der Waals surface area contributed by atoms with E-state index in [1.807, 2.05) is 20.8 Å². The Morgan fingerprint density at radius 3 is 2.21 bits per heavy atom. The fraction of sp³-hybridized carbons (Fsp3) is 0.444. The molecule has 0 saturated carbocycles. The van der Waals surface area contributed by atoms with Gasteiger partial charge in [-0.25, -0.2) is 13.4 Å². The van der Waals surface area contributed by atoms with Crippen molar-refractivity contribution < 1.29 is 8.42 Å². The lowest BCUT2D eigenvalue weighted by Gasteiger charge is -2.01. The van der Waals surface area contributed by atoms with Crippen molar-refractivity contribution in [2.75, 3.05) is 11.0 Å². The van der Waals surface area contributed by atoms with E-state index in [4.69, 9.17) is 0 Å². The smallest absolute Gasteiger partial charge is 0.230 e. The number of pyridine rings is 1. The van der Waals surface area contributed by atoms with E-state index in [0.29, 0.717) is 5.82 Å². The number of nitrogens with zero attached hydrogens (tertiary/aromatic N) is 1. The third-order valence-electron chi connectivity index (χ3n) is 1.20. The molecule has 0 aliphatic heterocycles. The van der Waals surface area contributed by atoms with Crippen LogP contribution >= 0.6 is 0 Å². The normalized spacial score (nSPS) is 10.0. The molecule has 0 amide bonds. The van der Waals surface area contributed by atoms with Crippen molar-refractivity contribution in [3.63, 3.8) is 0 Å². The van der Waals surface area contributed by atoms with E-state index in [9.17, 15) is 8.42 Å². The lowest BCUT2D eigenvalue weighted by molar-refractivity contribution is 0.606. The highest BCUT2D eigenvalue weighted by molar-refractivity contribution is 7.92. The van der Waals surface area contributed by atoms with Crippen LogP contribution in [0.1, 0.15) is 19.4 Å². The Bertz CT molecular complexity index is 357. The predicted molar refractivity (Wildman–Crippen MR) is 58.8 cm³/mol. The predicted octanol–water partition coefficient (Wildman–Crippen LogP) is 1.79. The first-order valence-electron chi connectivity index (χ1n) is 4.38. The Kier molecular flexibility index (Phi) is 5.15. The molecule has 0 unspecified atom stereocenters. The zero-order chi connectivity index (χ0) is 11.2. The summed E-state index contributed by atoms with van der Waals surface area (Å²) in [6.45, 7) is 5.89. The summed E-state index contributed by atoms with van der Waals surface area (Å²) in [5, 5.41) is 0. The van der Waals surface area contributed by atoms with Crippen LogP contribution in [0.5, 0.6) is 0 Å². The van der Waals surface area contributed by atoms with E-state index < -0.39 is 10.0 Å². The van der Waals surface area contributed by atoms with Gasteiger partial charge in [-0.2, -0.15) is 0 Å². The van der Waals surface area contributed by atoms with Gasteiger partial charge in [0.25, 0.3) is 0 Å². The highest BCUT2D eigenvalue weighted by Gasteiger charge is 2.00. The standard InChI is InChI=1S/C7H10N2O2S.C2H6/c1-6-3-4-7(8-5-6)9-12(2,10)11;1-2/h3-5H,1-2H3,(H,8,9);1-2H3. The van der Waals surface area contributed by atoms with Crippen molar-refractivity contribution in [2.45, 2.75) is 20.8 Å². The molecule has 4 nitrogen and oxygen atoms in total. The molecule has 1 aromatic rings. The van der Waals surface area contributed by atoms with Gasteiger partial charge in [0.15, 0.2) is 0 Å². The van der Waals surface area contributed by atoms with Crippen LogP contribution < -0.4 is 4.72 Å². The number of sulfonamides is 1. The van der Waals surface area contributed by atoms with Gasteiger partial charge in [-0.05, 0) is 18.6 Å². The zero-order valence-electron chi connectivity index (χ0n) is 8.90. The van der Waals surface area contributed by atoms with Gasteiger partial charge in [-0.3, -0.25) is 4.72 Å². The Balaban J connectivity index is 0.000000791. The number of anilines is 1. The molecule has 1 aromatic heterocycles. The van der Waals surface area contributed by atoms with Crippen LogP contribution in [0.4, 0.5) is 5.82 Å². The van der Waals surface area contributed by atoms with E-state index in [2.05, 4.69) is 9.71 Å². The summed E-state index contributed by atoms with van der Waals surface area (Å²) >= 11 is 0. The molecule has 0 spiro atoms. The molecule has 0 bridgehead atoms. The molecule has 14 heavy (non-hydrogen) atoms. The minimum absolute atomic E-state index is 0.350. The fourth-order valence-corrected chi connectivity index (χ4v) is 1.22. The van der Waals surface area contributed by atoms with E-state index in [1.54, 1.807) is 18.3 Å². The van der Waals surface area contributed by atoms with Crippen molar-refractivity contribution in [2.24, 2.45) is 0 Å². The number of hydrogen-bond donors (Lipinski definition) is 1. The molecule has 1 N–H and O–H groups in total. The summed E-state index contributed by atoms with van der Waals surface area (Å²) in [7, 11) is -3.20. The van der Waals surface area contributed by atoms with Crippen LogP contribution in [0.3, 0.4) is 0 Å². The maximum Gasteiger partial charge on any atom is 0.230 e. The number of rotatable bonds is 2. The van der Waals surface area contributed by atoms with Gasteiger partial charge in [0.05, 0.1) is 6.26 Å². The Morgan fingerprint density at radius 1 is 1.29 bits per heavy atom. The fourth-order valence-electron chi connectivity index (χ4n) is 0.718. The van der Waals surface area contributed by atoms with Crippen LogP contribution in [0.25, 0.3) is 0 Å². The van der Waals surface area contributed by atoms with Crippen molar-refractivity contribution in [3.8, 4) is 0 Å². The first-order valence-corrected chi connectivity index (χ1v) is 6.27. The third kappa shape index (κ3) is 5.53. The van der Waals surface area contributed by atoms with Crippen molar-refractivity contribution in [3.05, 3.63) is 23.9 Å². The second-order valence-electron chi connectivity index (χ2n) is 2.60. The molecular formula is C9H16N2O2S. The third-order valence-corrected chi connectivity index (χ3v) is 1.78. The Labute approximate surface area is 85.4 Å². The highest BCUT2D eigenvalue weighted by Crippen LogP contribution is 2.04. The average molecular weight is 216 g/mol. The lowest BCUT2D eigenvalue weighted by atomic mass is 10.3. The van der Waals surface area contributed by atoms with Crippen LogP contribution in [0, 0.1) is 6.92 Å². The topological polar surface area (TPSA) is 59.1 Å². The van der Waals surface area contributed by atoms with E-state index in [-0.39, 0.29) is 0 Å². The molecule has 1 rings (SSSR count). The Hall–Kier alpha value is -1.10. The van der Waals surface area contributed by atoms with Crippen LogP contribution in [0.2, 0.25) is 0 Å². The van der Waals surface area contributed by atoms with E-state index in [0.717, 1.165) is 11.8 Å². The molecule has 0 aliphatic carbocycles. The average Bonchev–Trinajstić information content (AvgIpc) is 2.10. The van der Waals surface area contributed by atoms with Crippen LogP contribution in [-0.4, -0.2) is 19.7 Å². The SMILES string of the molecule is CC.Cc1ccc(NS(C)(=O)=O)nc1. The van der Waals surface area contributed by atoms with Gasteiger partial charge in [-0.15, -0.1) is 0 Å². The van der Waals surface area contributed by atoms with Crippen molar-refractivity contribution in [1.29, 1.82) is 0 Å². The maximum atomic E-state index is 10.7. The molecule has 0 atom stereocenters. The van der Waals surface area contributed by atoms with Gasteiger partial charge in [0.1, 0.15) is 5.82 Å². The zero-order valence-corrected chi connectivity index (χ0v) is 9.72. The van der Waals surface area contributed by atoms with Gasteiger partial charge in [-0.1, -0.05) is 19.9 Å². The lowest BCUT2D eigenvalue weighted by Crippen LogP contribution is -2.10. The summed E-state index contributed by atoms with van der Waals surface area (Å²) in [6.07, 6.45) is 2.70. The molecule has 0 aromatic carbocycles. The molecule has 1 heterocycles. The van der Waals surface area contributed by atoms with Crippen molar-refractivity contribution in [1.82, 2.24) is 4.98 Å². The molecule has 0 aliphatic rings.